The van der Waals surface area contributed by atoms with Crippen molar-refractivity contribution in [3.8, 4) is 0 Å². The molecule has 0 radical (unpaired) electrons. The lowest BCUT2D eigenvalue weighted by atomic mass is 10.0. The van der Waals surface area contributed by atoms with Crippen LogP contribution in [0.25, 0.3) is 0 Å². The Morgan fingerprint density at radius 2 is 2.04 bits per heavy atom. The van der Waals surface area contributed by atoms with Gasteiger partial charge in [-0.3, -0.25) is 9.59 Å². The number of alkyl halides is 3. The zero-order valence-corrected chi connectivity index (χ0v) is 15.9. The number of halogens is 4. The van der Waals surface area contributed by atoms with Gasteiger partial charge in [-0.05, 0) is 37.5 Å². The molecular formula is C18H23ClF3N3O2. The molecule has 1 fully saturated rings. The van der Waals surface area contributed by atoms with E-state index in [1.165, 1.54) is 11.8 Å². The van der Waals surface area contributed by atoms with E-state index in [0.29, 0.717) is 17.9 Å². The first-order chi connectivity index (χ1) is 12.5. The average Bonchev–Trinajstić information content (AvgIpc) is 2.95. The number of benzene rings is 1. The van der Waals surface area contributed by atoms with E-state index in [-0.39, 0.29) is 18.5 Å². The Hall–Kier alpha value is -1.80. The molecule has 3 atom stereocenters. The summed E-state index contributed by atoms with van der Waals surface area (Å²) in [4.78, 5) is 26.6. The maximum atomic E-state index is 12.8. The second-order valence-corrected chi connectivity index (χ2v) is 7.29. The Balaban J connectivity index is 2.29. The van der Waals surface area contributed by atoms with Gasteiger partial charge in [-0.1, -0.05) is 23.7 Å². The number of rotatable bonds is 5. The van der Waals surface area contributed by atoms with Gasteiger partial charge in [0.1, 0.15) is 6.54 Å². The molecule has 2 rings (SSSR count). The zero-order valence-electron chi connectivity index (χ0n) is 15.2. The molecule has 1 saturated heterocycles. The maximum Gasteiger partial charge on any atom is 0.406 e. The number of likely N-dealkylation sites (tertiary alicyclic amines) is 1. The van der Waals surface area contributed by atoms with Gasteiger partial charge < -0.3 is 15.5 Å². The van der Waals surface area contributed by atoms with Gasteiger partial charge in [-0.25, -0.2) is 0 Å². The van der Waals surface area contributed by atoms with Gasteiger partial charge in [0.2, 0.25) is 11.8 Å². The van der Waals surface area contributed by atoms with Crippen LogP contribution in [-0.4, -0.2) is 53.0 Å². The second-order valence-electron chi connectivity index (χ2n) is 6.85. The highest BCUT2D eigenvalue weighted by Crippen LogP contribution is 2.38. The largest absolute Gasteiger partial charge is 0.406 e. The van der Waals surface area contributed by atoms with Crippen molar-refractivity contribution in [1.29, 1.82) is 0 Å². The molecule has 2 amide bonds. The molecular weight excluding hydrogens is 383 g/mol. The SMILES string of the molecule is CC(=O)N(CC1CCC(c2cccc(Cl)c2)N1C(=O)[C@@H](C)N)CC(F)(F)F. The first-order valence-corrected chi connectivity index (χ1v) is 9.03. The minimum Gasteiger partial charge on any atom is -0.332 e. The van der Waals surface area contributed by atoms with Crippen molar-refractivity contribution < 1.29 is 22.8 Å². The second kappa shape index (κ2) is 8.48. The molecule has 150 valence electrons. The summed E-state index contributed by atoms with van der Waals surface area (Å²) >= 11 is 6.04. The van der Waals surface area contributed by atoms with E-state index in [1.54, 1.807) is 18.2 Å². The van der Waals surface area contributed by atoms with Crippen LogP contribution >= 0.6 is 11.6 Å². The number of nitrogens with zero attached hydrogens (tertiary/aromatic N) is 2. The number of hydrogen-bond donors (Lipinski definition) is 1. The van der Waals surface area contributed by atoms with Gasteiger partial charge in [0.25, 0.3) is 0 Å². The number of amides is 2. The van der Waals surface area contributed by atoms with E-state index in [2.05, 4.69) is 0 Å². The first-order valence-electron chi connectivity index (χ1n) is 8.65. The van der Waals surface area contributed by atoms with Crippen LogP contribution in [0.3, 0.4) is 0 Å². The Labute approximate surface area is 161 Å². The molecule has 0 aromatic heterocycles. The summed E-state index contributed by atoms with van der Waals surface area (Å²) in [5, 5.41) is 0.506. The van der Waals surface area contributed by atoms with Crippen molar-refractivity contribution in [3.63, 3.8) is 0 Å². The highest BCUT2D eigenvalue weighted by molar-refractivity contribution is 6.30. The monoisotopic (exact) mass is 405 g/mol. The lowest BCUT2D eigenvalue weighted by Crippen LogP contribution is -2.51. The van der Waals surface area contributed by atoms with E-state index < -0.39 is 30.7 Å². The van der Waals surface area contributed by atoms with Crippen molar-refractivity contribution in [1.82, 2.24) is 9.80 Å². The third-order valence-corrected chi connectivity index (χ3v) is 4.86. The van der Waals surface area contributed by atoms with Crippen molar-refractivity contribution in [3.05, 3.63) is 34.9 Å². The fraction of sp³-hybridized carbons (Fsp3) is 0.556. The van der Waals surface area contributed by atoms with Gasteiger partial charge in [-0.15, -0.1) is 0 Å². The number of nitrogens with two attached hydrogens (primary N) is 1. The lowest BCUT2D eigenvalue weighted by Gasteiger charge is -2.35. The van der Waals surface area contributed by atoms with Gasteiger partial charge in [0.15, 0.2) is 0 Å². The van der Waals surface area contributed by atoms with Crippen LogP contribution < -0.4 is 5.73 Å². The molecule has 1 aliphatic heterocycles. The summed E-state index contributed by atoms with van der Waals surface area (Å²) in [6, 6.07) is 5.32. The van der Waals surface area contributed by atoms with Crippen molar-refractivity contribution in [2.75, 3.05) is 13.1 Å². The Bertz CT molecular complexity index is 697. The molecule has 9 heteroatoms. The summed E-state index contributed by atoms with van der Waals surface area (Å²) in [5.74, 6) is -1.05. The number of hydrogen-bond acceptors (Lipinski definition) is 3. The third-order valence-electron chi connectivity index (χ3n) is 4.63. The predicted molar refractivity (Wildman–Crippen MR) is 96.0 cm³/mol. The summed E-state index contributed by atoms with van der Waals surface area (Å²) in [5.41, 5.74) is 6.56. The van der Waals surface area contributed by atoms with E-state index in [0.717, 1.165) is 17.4 Å². The molecule has 2 N–H and O–H groups in total. The first kappa shape index (κ1) is 21.5. The summed E-state index contributed by atoms with van der Waals surface area (Å²) < 4.78 is 38.4. The van der Waals surface area contributed by atoms with Crippen LogP contribution in [0.1, 0.15) is 38.3 Å². The van der Waals surface area contributed by atoms with Crippen LogP contribution in [0, 0.1) is 0 Å². The molecule has 1 aromatic rings. The Kier molecular flexibility index (Phi) is 6.75. The van der Waals surface area contributed by atoms with Crippen molar-refractivity contribution in [2.24, 2.45) is 5.73 Å². The number of carbonyl (C=O) groups excluding carboxylic acids is 2. The van der Waals surface area contributed by atoms with Crippen LogP contribution in [0.5, 0.6) is 0 Å². The minimum absolute atomic E-state index is 0.190. The molecule has 0 saturated carbocycles. The van der Waals surface area contributed by atoms with E-state index >= 15 is 0 Å². The molecule has 1 aromatic carbocycles. The Morgan fingerprint density at radius 3 is 2.56 bits per heavy atom. The molecule has 0 spiro atoms. The van der Waals surface area contributed by atoms with Crippen molar-refractivity contribution in [2.45, 2.75) is 51.0 Å². The standard InChI is InChI=1S/C18H23ClF3N3O2/c1-11(23)17(27)25-15(9-24(12(2)26)10-18(20,21)22)6-7-16(25)13-4-3-5-14(19)8-13/h3-5,8,11,15-16H,6-7,9-10,23H2,1-2H3/t11-,15?,16?/m1/s1. The van der Waals surface area contributed by atoms with E-state index in [9.17, 15) is 22.8 Å². The fourth-order valence-electron chi connectivity index (χ4n) is 3.45. The van der Waals surface area contributed by atoms with E-state index in [1.807, 2.05) is 6.07 Å². The van der Waals surface area contributed by atoms with Crippen LogP contribution in [0.15, 0.2) is 24.3 Å². The summed E-state index contributed by atoms with van der Waals surface area (Å²) in [6.45, 7) is 1.09. The molecule has 27 heavy (non-hydrogen) atoms. The topological polar surface area (TPSA) is 66.6 Å². The third kappa shape index (κ3) is 5.59. The molecule has 2 unspecified atom stereocenters. The van der Waals surface area contributed by atoms with Gasteiger partial charge >= 0.3 is 6.18 Å². The number of carbonyl (C=O) groups is 2. The molecule has 1 aliphatic rings. The zero-order chi connectivity index (χ0) is 20.4. The molecule has 5 nitrogen and oxygen atoms in total. The molecule has 0 bridgehead atoms. The average molecular weight is 406 g/mol. The van der Waals surface area contributed by atoms with Gasteiger partial charge in [0.05, 0.1) is 18.1 Å². The van der Waals surface area contributed by atoms with Crippen LogP contribution in [-0.2, 0) is 9.59 Å². The molecule has 0 aliphatic carbocycles. The normalized spacial score (nSPS) is 21.2. The summed E-state index contributed by atoms with van der Waals surface area (Å²) in [6.07, 6.45) is -3.48. The predicted octanol–water partition coefficient (Wildman–Crippen LogP) is 3.13. The maximum absolute atomic E-state index is 12.8. The Morgan fingerprint density at radius 1 is 1.37 bits per heavy atom. The minimum atomic E-state index is -4.51. The smallest absolute Gasteiger partial charge is 0.332 e. The highest BCUT2D eigenvalue weighted by Gasteiger charge is 2.41. The van der Waals surface area contributed by atoms with Crippen LogP contribution in [0.2, 0.25) is 5.02 Å². The van der Waals surface area contributed by atoms with Crippen LogP contribution in [0.4, 0.5) is 13.2 Å². The summed E-state index contributed by atoms with van der Waals surface area (Å²) in [7, 11) is 0. The highest BCUT2D eigenvalue weighted by atomic mass is 35.5. The molecule has 1 heterocycles. The van der Waals surface area contributed by atoms with Gasteiger partial charge in [0, 0.05) is 18.5 Å². The van der Waals surface area contributed by atoms with Gasteiger partial charge in [-0.2, -0.15) is 13.2 Å². The lowest BCUT2D eigenvalue weighted by molar-refractivity contribution is -0.162. The van der Waals surface area contributed by atoms with Crippen molar-refractivity contribution >= 4 is 23.4 Å². The fourth-order valence-corrected chi connectivity index (χ4v) is 3.65. The van der Waals surface area contributed by atoms with E-state index in [4.69, 9.17) is 17.3 Å². The quantitative estimate of drug-likeness (QED) is 0.818.